The second-order valence-electron chi connectivity index (χ2n) is 17.2. The molecule has 4 aliphatic carbocycles. The van der Waals surface area contributed by atoms with Crippen LogP contribution in [0.3, 0.4) is 0 Å². The lowest BCUT2D eigenvalue weighted by Crippen LogP contribution is -2.58. The molecular formula is C36H60N4O3. The summed E-state index contributed by atoms with van der Waals surface area (Å²) in [5.41, 5.74) is 0.706. The molecule has 43 heavy (non-hydrogen) atoms. The van der Waals surface area contributed by atoms with Gasteiger partial charge in [0.25, 0.3) is 0 Å². The van der Waals surface area contributed by atoms with Crippen LogP contribution in [0.1, 0.15) is 111 Å². The van der Waals surface area contributed by atoms with Gasteiger partial charge in [0.2, 0.25) is 11.8 Å². The molecule has 0 aromatic rings. The van der Waals surface area contributed by atoms with Crippen molar-refractivity contribution in [1.82, 2.24) is 20.9 Å². The summed E-state index contributed by atoms with van der Waals surface area (Å²) in [6.45, 7) is 13.3. The van der Waals surface area contributed by atoms with E-state index >= 15 is 0 Å². The Hall–Kier alpha value is -1.18. The van der Waals surface area contributed by atoms with Crippen molar-refractivity contribution in [2.45, 2.75) is 135 Å². The second kappa shape index (κ2) is 11.3. The Balaban J connectivity index is 0.948. The van der Waals surface area contributed by atoms with Gasteiger partial charge in [-0.05, 0) is 144 Å². The van der Waals surface area contributed by atoms with Crippen LogP contribution < -0.4 is 16.0 Å². The van der Waals surface area contributed by atoms with Crippen LogP contribution in [0.25, 0.3) is 0 Å². The normalized spacial score (nSPS) is 49.9. The predicted molar refractivity (Wildman–Crippen MR) is 169 cm³/mol. The number of hydrogen-bond donors (Lipinski definition) is 3. The molecule has 242 valence electrons. The van der Waals surface area contributed by atoms with Gasteiger partial charge in [-0.25, -0.2) is 0 Å². The lowest BCUT2D eigenvalue weighted by atomic mass is 9.44. The van der Waals surface area contributed by atoms with E-state index in [-0.39, 0.29) is 36.0 Å². The van der Waals surface area contributed by atoms with E-state index in [0.29, 0.717) is 34.7 Å². The fourth-order valence-electron chi connectivity index (χ4n) is 12.4. The number of likely N-dealkylation sites (tertiary alicyclic amines) is 1. The molecule has 3 saturated heterocycles. The smallest absolute Gasteiger partial charge is 0.229 e. The summed E-state index contributed by atoms with van der Waals surface area (Å²) in [7, 11) is 2.12. The maximum atomic E-state index is 12.9. The monoisotopic (exact) mass is 596 g/mol. The van der Waals surface area contributed by atoms with Gasteiger partial charge in [-0.2, -0.15) is 0 Å². The van der Waals surface area contributed by atoms with Crippen LogP contribution in [-0.4, -0.2) is 67.3 Å². The highest BCUT2D eigenvalue weighted by atomic mass is 16.5. The van der Waals surface area contributed by atoms with Gasteiger partial charge in [0.1, 0.15) is 12.1 Å². The summed E-state index contributed by atoms with van der Waals surface area (Å²) in [4.78, 5) is 27.8. The van der Waals surface area contributed by atoms with E-state index in [9.17, 15) is 9.59 Å². The molecule has 3 aliphatic heterocycles. The minimum absolute atomic E-state index is 0.0333. The second-order valence-corrected chi connectivity index (χ2v) is 17.2. The summed E-state index contributed by atoms with van der Waals surface area (Å²) >= 11 is 0. The molecule has 3 N–H and O–H groups in total. The van der Waals surface area contributed by atoms with Crippen LogP contribution in [0.4, 0.5) is 0 Å². The Morgan fingerprint density at radius 1 is 0.837 bits per heavy atom. The quantitative estimate of drug-likeness (QED) is 0.394. The lowest BCUT2D eigenvalue weighted by Gasteiger charge is -2.61. The highest BCUT2D eigenvalue weighted by Crippen LogP contribution is 2.71. The number of nitrogens with one attached hydrogen (secondary N) is 3. The van der Waals surface area contributed by atoms with E-state index in [1.807, 2.05) is 0 Å². The molecule has 7 heteroatoms. The third-order valence-corrected chi connectivity index (χ3v) is 14.9. The Labute approximate surface area is 260 Å². The van der Waals surface area contributed by atoms with E-state index in [1.54, 1.807) is 0 Å². The highest BCUT2D eigenvalue weighted by Gasteiger charge is 2.68. The van der Waals surface area contributed by atoms with Crippen molar-refractivity contribution >= 4 is 11.8 Å². The van der Waals surface area contributed by atoms with Gasteiger partial charge in [-0.15, -0.1) is 0 Å². The molecule has 1 spiro atoms. The summed E-state index contributed by atoms with van der Waals surface area (Å²) in [5.74, 6) is 4.93. The first-order chi connectivity index (χ1) is 20.5. The predicted octanol–water partition coefficient (Wildman–Crippen LogP) is 5.09. The van der Waals surface area contributed by atoms with Crippen molar-refractivity contribution < 1.29 is 14.3 Å². The number of ether oxygens (including phenoxy) is 1. The lowest BCUT2D eigenvalue weighted by molar-refractivity contribution is -0.137. The summed E-state index contributed by atoms with van der Waals surface area (Å²) in [6, 6.07) is 0.427. The minimum atomic E-state index is -0.113. The topological polar surface area (TPSA) is 82.7 Å². The van der Waals surface area contributed by atoms with Crippen molar-refractivity contribution in [3.05, 3.63) is 0 Å². The molecule has 0 aromatic carbocycles. The van der Waals surface area contributed by atoms with Crippen molar-refractivity contribution in [3.8, 4) is 0 Å². The fraction of sp³-hybridized carbons (Fsp3) is 0.944. The number of amides is 2. The number of fused-ring (bicyclic) bond motifs is 7. The van der Waals surface area contributed by atoms with E-state index in [1.165, 1.54) is 51.4 Å². The van der Waals surface area contributed by atoms with Gasteiger partial charge in [0.15, 0.2) is 0 Å². The molecule has 7 rings (SSSR count). The van der Waals surface area contributed by atoms with Gasteiger partial charge in [-0.3, -0.25) is 14.9 Å². The maximum absolute atomic E-state index is 12.9. The Morgan fingerprint density at radius 3 is 2.28 bits per heavy atom. The fourth-order valence-corrected chi connectivity index (χ4v) is 12.4. The number of piperidine rings is 2. The van der Waals surface area contributed by atoms with E-state index < -0.39 is 0 Å². The van der Waals surface area contributed by atoms with E-state index in [2.05, 4.69) is 55.6 Å². The zero-order chi connectivity index (χ0) is 30.1. The average molecular weight is 597 g/mol. The summed E-state index contributed by atoms with van der Waals surface area (Å²) in [6.07, 6.45) is 14.8. The molecule has 0 radical (unpaired) electrons. The molecule has 0 aromatic heterocycles. The van der Waals surface area contributed by atoms with Crippen molar-refractivity contribution in [2.24, 2.45) is 52.3 Å². The molecule has 4 saturated carbocycles. The summed E-state index contributed by atoms with van der Waals surface area (Å²) < 4.78 is 7.09. The average Bonchev–Trinajstić information content (AvgIpc) is 3.41. The van der Waals surface area contributed by atoms with E-state index in [0.717, 1.165) is 69.0 Å². The zero-order valence-electron chi connectivity index (χ0n) is 27.8. The van der Waals surface area contributed by atoms with Crippen LogP contribution in [0.2, 0.25) is 0 Å². The molecule has 0 unspecified atom stereocenters. The van der Waals surface area contributed by atoms with Gasteiger partial charge in [0, 0.05) is 24.5 Å². The highest BCUT2D eigenvalue weighted by molar-refractivity contribution is 5.97. The molecule has 7 fully saturated rings. The number of nitrogens with zero attached hydrogens (tertiary/aromatic N) is 1. The van der Waals surface area contributed by atoms with Gasteiger partial charge >= 0.3 is 0 Å². The molecule has 7 nitrogen and oxygen atoms in total. The standard InChI is InChI=1S/C36H60N4O3/c1-22-8-15-36(37-21-22)23(2)33-30(43-36)19-29-27-7-6-24-18-26(9-13-34(24,3)28(27)10-14-35(29,33)4)39-32(42)20-31(41)38-25-11-16-40(5)17-12-25/h22-30,33,37H,6-21H2,1-5H3,(H,38,41)(H,39,42)/t22-,23+,24+,26+,27-,28+,29+,30+,33+,34+,35+,36-/m1/s1. The van der Waals surface area contributed by atoms with Crippen LogP contribution in [0.15, 0.2) is 0 Å². The molecule has 2 amide bonds. The molecule has 0 bridgehead atoms. The minimum Gasteiger partial charge on any atom is -0.357 e. The van der Waals surface area contributed by atoms with Gasteiger partial charge in [0.05, 0.1) is 6.10 Å². The zero-order valence-corrected chi connectivity index (χ0v) is 27.8. The number of rotatable bonds is 4. The number of hydrogen-bond acceptors (Lipinski definition) is 5. The SMILES string of the molecule is C[C@@H]1CC[C@@]2(NC1)O[C@H]1C[C@H]3[C@@H]4CC[C@H]5C[C@@H](NC(=O)CC(=O)NC6CCN(C)CC6)CC[C@]5(C)[C@H]4CC[C@]3(C)[C@H]1[C@@H]2C. The Kier molecular flexibility index (Phi) is 7.98. The summed E-state index contributed by atoms with van der Waals surface area (Å²) in [5, 5.41) is 10.3. The van der Waals surface area contributed by atoms with Gasteiger partial charge < -0.3 is 20.3 Å². The first-order valence-corrected chi connectivity index (χ1v) is 18.2. The van der Waals surface area contributed by atoms with Crippen molar-refractivity contribution in [3.63, 3.8) is 0 Å². The Bertz CT molecular complexity index is 1070. The third-order valence-electron chi connectivity index (χ3n) is 14.9. The molecular weight excluding hydrogens is 536 g/mol. The first-order valence-electron chi connectivity index (χ1n) is 18.2. The number of carbonyl (C=O) groups is 2. The van der Waals surface area contributed by atoms with Crippen LogP contribution in [0, 0.1) is 52.3 Å². The Morgan fingerprint density at radius 2 is 1.56 bits per heavy atom. The maximum Gasteiger partial charge on any atom is 0.229 e. The molecule has 12 atom stereocenters. The van der Waals surface area contributed by atoms with Gasteiger partial charge in [-0.1, -0.05) is 27.7 Å². The van der Waals surface area contributed by atoms with Crippen molar-refractivity contribution in [1.29, 1.82) is 0 Å². The van der Waals surface area contributed by atoms with Crippen LogP contribution in [-0.2, 0) is 14.3 Å². The largest absolute Gasteiger partial charge is 0.357 e. The first kappa shape index (κ1) is 30.5. The third kappa shape index (κ3) is 5.19. The molecule has 3 heterocycles. The molecule has 7 aliphatic rings. The van der Waals surface area contributed by atoms with Crippen molar-refractivity contribution in [2.75, 3.05) is 26.7 Å². The van der Waals surface area contributed by atoms with Crippen LogP contribution in [0.5, 0.6) is 0 Å². The van der Waals surface area contributed by atoms with Crippen LogP contribution >= 0.6 is 0 Å². The van der Waals surface area contributed by atoms with E-state index in [4.69, 9.17) is 4.74 Å². The number of carbonyl (C=O) groups excluding carboxylic acids is 2.